The highest BCUT2D eigenvalue weighted by molar-refractivity contribution is 4.90. The zero-order chi connectivity index (χ0) is 13.2. The van der Waals surface area contributed by atoms with Crippen LogP contribution in [0.3, 0.4) is 0 Å². The molecule has 0 aliphatic heterocycles. The molecule has 0 saturated heterocycles. The summed E-state index contributed by atoms with van der Waals surface area (Å²) in [5.41, 5.74) is 6.99. The standard InChI is InChI=1S/C15H32N2/c1-13(2,3)11-14(4,5)17-10-9-15(12-16)7-6-8-15/h17H,6-12,16H2,1-5H3. The molecule has 1 aliphatic rings. The van der Waals surface area contributed by atoms with Crippen molar-refractivity contribution in [2.24, 2.45) is 16.6 Å². The first-order valence-electron chi connectivity index (χ1n) is 7.13. The van der Waals surface area contributed by atoms with Gasteiger partial charge in [-0.25, -0.2) is 0 Å². The van der Waals surface area contributed by atoms with Gasteiger partial charge in [-0.3, -0.25) is 0 Å². The minimum Gasteiger partial charge on any atom is -0.330 e. The van der Waals surface area contributed by atoms with E-state index in [1.54, 1.807) is 0 Å². The normalized spacial score (nSPS) is 20.1. The Balaban J connectivity index is 2.29. The van der Waals surface area contributed by atoms with E-state index >= 15 is 0 Å². The molecule has 1 rings (SSSR count). The fraction of sp³-hybridized carbons (Fsp3) is 1.00. The molecule has 102 valence electrons. The first-order valence-corrected chi connectivity index (χ1v) is 7.13. The third kappa shape index (κ3) is 4.97. The van der Waals surface area contributed by atoms with E-state index in [1.807, 2.05) is 0 Å². The molecule has 1 saturated carbocycles. The zero-order valence-corrected chi connectivity index (χ0v) is 12.5. The monoisotopic (exact) mass is 240 g/mol. The van der Waals surface area contributed by atoms with Crippen molar-refractivity contribution < 1.29 is 0 Å². The Morgan fingerprint density at radius 1 is 1.12 bits per heavy atom. The van der Waals surface area contributed by atoms with E-state index in [4.69, 9.17) is 5.73 Å². The second-order valence-corrected chi connectivity index (χ2v) is 7.86. The first-order chi connectivity index (χ1) is 7.68. The summed E-state index contributed by atoms with van der Waals surface area (Å²) in [6.45, 7) is 13.5. The first kappa shape index (κ1) is 15.0. The van der Waals surface area contributed by atoms with Gasteiger partial charge in [0, 0.05) is 5.54 Å². The summed E-state index contributed by atoms with van der Waals surface area (Å²) >= 11 is 0. The Morgan fingerprint density at radius 2 is 1.71 bits per heavy atom. The Bertz CT molecular complexity index is 228. The minimum atomic E-state index is 0.234. The average Bonchev–Trinajstić information content (AvgIpc) is 2.05. The van der Waals surface area contributed by atoms with Crippen LogP contribution in [-0.4, -0.2) is 18.6 Å². The quantitative estimate of drug-likeness (QED) is 0.747. The van der Waals surface area contributed by atoms with Gasteiger partial charge in [0.25, 0.3) is 0 Å². The van der Waals surface area contributed by atoms with Crippen LogP contribution in [0.15, 0.2) is 0 Å². The average molecular weight is 240 g/mol. The highest BCUT2D eigenvalue weighted by atomic mass is 15.0. The van der Waals surface area contributed by atoms with Gasteiger partial charge >= 0.3 is 0 Å². The summed E-state index contributed by atoms with van der Waals surface area (Å²) in [6, 6.07) is 0. The maximum absolute atomic E-state index is 5.89. The Kier molecular flexibility index (Phi) is 4.65. The lowest BCUT2D eigenvalue weighted by Gasteiger charge is -2.42. The molecule has 0 bridgehead atoms. The van der Waals surface area contributed by atoms with Crippen molar-refractivity contribution in [3.8, 4) is 0 Å². The molecule has 0 atom stereocenters. The maximum Gasteiger partial charge on any atom is 0.0130 e. The Labute approximate surface area is 108 Å². The third-order valence-electron chi connectivity index (χ3n) is 4.08. The summed E-state index contributed by atoms with van der Waals surface area (Å²) in [6.07, 6.45) is 6.51. The third-order valence-corrected chi connectivity index (χ3v) is 4.08. The van der Waals surface area contributed by atoms with Crippen LogP contribution in [0, 0.1) is 10.8 Å². The summed E-state index contributed by atoms with van der Waals surface area (Å²) < 4.78 is 0. The van der Waals surface area contributed by atoms with Crippen LogP contribution >= 0.6 is 0 Å². The molecule has 0 spiro atoms. The molecule has 1 fully saturated rings. The van der Waals surface area contributed by atoms with Crippen LogP contribution in [0.4, 0.5) is 0 Å². The summed E-state index contributed by atoms with van der Waals surface area (Å²) in [4.78, 5) is 0. The van der Waals surface area contributed by atoms with Crippen LogP contribution in [0.5, 0.6) is 0 Å². The smallest absolute Gasteiger partial charge is 0.0130 e. The van der Waals surface area contributed by atoms with Gasteiger partial charge in [-0.15, -0.1) is 0 Å². The molecular weight excluding hydrogens is 208 g/mol. The lowest BCUT2D eigenvalue weighted by Crippen LogP contribution is -2.46. The van der Waals surface area contributed by atoms with Gasteiger partial charge < -0.3 is 11.1 Å². The van der Waals surface area contributed by atoms with Crippen molar-refractivity contribution >= 4 is 0 Å². The van der Waals surface area contributed by atoms with Crippen LogP contribution in [0.1, 0.15) is 66.7 Å². The lowest BCUT2D eigenvalue weighted by molar-refractivity contribution is 0.123. The summed E-state index contributed by atoms with van der Waals surface area (Å²) in [5.74, 6) is 0. The summed E-state index contributed by atoms with van der Waals surface area (Å²) in [5, 5.41) is 3.72. The molecule has 0 aromatic carbocycles. The molecular formula is C15H32N2. The van der Waals surface area contributed by atoms with E-state index in [0.717, 1.165) is 13.1 Å². The van der Waals surface area contributed by atoms with E-state index < -0.39 is 0 Å². The minimum absolute atomic E-state index is 0.234. The predicted molar refractivity (Wildman–Crippen MR) is 76.1 cm³/mol. The molecule has 0 unspecified atom stereocenters. The van der Waals surface area contributed by atoms with Crippen molar-refractivity contribution in [2.75, 3.05) is 13.1 Å². The molecule has 0 amide bonds. The predicted octanol–water partition coefficient (Wildman–Crippen LogP) is 3.31. The van der Waals surface area contributed by atoms with E-state index in [0.29, 0.717) is 10.8 Å². The van der Waals surface area contributed by atoms with Gasteiger partial charge in [-0.05, 0) is 63.5 Å². The van der Waals surface area contributed by atoms with Crippen molar-refractivity contribution in [3.05, 3.63) is 0 Å². The molecule has 0 aromatic rings. The lowest BCUT2D eigenvalue weighted by atomic mass is 9.66. The van der Waals surface area contributed by atoms with Crippen LogP contribution in [-0.2, 0) is 0 Å². The second kappa shape index (κ2) is 5.27. The van der Waals surface area contributed by atoms with E-state index in [1.165, 1.54) is 32.1 Å². The second-order valence-electron chi connectivity index (χ2n) is 7.86. The SMILES string of the molecule is CC(C)(C)CC(C)(C)NCCC1(CN)CCC1. The van der Waals surface area contributed by atoms with Gasteiger partial charge in [0.2, 0.25) is 0 Å². The van der Waals surface area contributed by atoms with Gasteiger partial charge in [0.05, 0.1) is 0 Å². The van der Waals surface area contributed by atoms with Crippen LogP contribution in [0.25, 0.3) is 0 Å². The molecule has 2 nitrogen and oxygen atoms in total. The van der Waals surface area contributed by atoms with Crippen molar-refractivity contribution in [1.82, 2.24) is 5.32 Å². The van der Waals surface area contributed by atoms with E-state index in [2.05, 4.69) is 39.9 Å². The molecule has 17 heavy (non-hydrogen) atoms. The largest absolute Gasteiger partial charge is 0.330 e. The molecule has 0 aromatic heterocycles. The van der Waals surface area contributed by atoms with E-state index in [-0.39, 0.29) is 5.54 Å². The fourth-order valence-corrected chi connectivity index (χ4v) is 3.29. The van der Waals surface area contributed by atoms with Crippen molar-refractivity contribution in [2.45, 2.75) is 72.3 Å². The van der Waals surface area contributed by atoms with Crippen LogP contribution < -0.4 is 11.1 Å². The molecule has 2 heteroatoms. The number of hydrogen-bond acceptors (Lipinski definition) is 2. The molecule has 3 N–H and O–H groups in total. The number of hydrogen-bond donors (Lipinski definition) is 2. The highest BCUT2D eigenvalue weighted by Gasteiger charge is 2.35. The van der Waals surface area contributed by atoms with Gasteiger partial charge in [0.15, 0.2) is 0 Å². The number of nitrogens with one attached hydrogen (secondary N) is 1. The fourth-order valence-electron chi connectivity index (χ4n) is 3.29. The molecule has 0 heterocycles. The Hall–Kier alpha value is -0.0800. The van der Waals surface area contributed by atoms with Crippen molar-refractivity contribution in [3.63, 3.8) is 0 Å². The maximum atomic E-state index is 5.89. The zero-order valence-electron chi connectivity index (χ0n) is 12.5. The highest BCUT2D eigenvalue weighted by Crippen LogP contribution is 2.42. The van der Waals surface area contributed by atoms with Gasteiger partial charge in [0.1, 0.15) is 0 Å². The number of rotatable bonds is 6. The van der Waals surface area contributed by atoms with Gasteiger partial charge in [-0.1, -0.05) is 27.2 Å². The molecule has 1 aliphatic carbocycles. The van der Waals surface area contributed by atoms with Gasteiger partial charge in [-0.2, -0.15) is 0 Å². The Morgan fingerprint density at radius 3 is 2.06 bits per heavy atom. The van der Waals surface area contributed by atoms with E-state index in [9.17, 15) is 0 Å². The van der Waals surface area contributed by atoms with Crippen molar-refractivity contribution in [1.29, 1.82) is 0 Å². The number of nitrogens with two attached hydrogens (primary N) is 1. The topological polar surface area (TPSA) is 38.0 Å². The molecule has 0 radical (unpaired) electrons. The van der Waals surface area contributed by atoms with Crippen LogP contribution in [0.2, 0.25) is 0 Å². The summed E-state index contributed by atoms with van der Waals surface area (Å²) in [7, 11) is 0.